The fourth-order valence-electron chi connectivity index (χ4n) is 0.965. The van der Waals surface area contributed by atoms with Crippen LogP contribution in [0, 0.1) is 0 Å². The third-order valence-corrected chi connectivity index (χ3v) is 2.33. The normalized spacial score (nSPS) is 10.7. The smallest absolute Gasteiger partial charge is 0.262 e. The second-order valence-corrected chi connectivity index (χ2v) is 3.52. The molecule has 2 rings (SSSR count). The zero-order valence-corrected chi connectivity index (χ0v) is 8.52. The molecule has 0 spiro atoms. The Bertz CT molecular complexity index is 446. The van der Waals surface area contributed by atoms with Gasteiger partial charge < -0.3 is 0 Å². The highest BCUT2D eigenvalue weighted by Crippen LogP contribution is 2.07. The number of hydrogen-bond donors (Lipinski definition) is 1. The van der Waals surface area contributed by atoms with E-state index in [9.17, 15) is 4.79 Å². The quantitative estimate of drug-likeness (QED) is 0.788. The SMILES string of the molecule is O=C(/C=C/c1ccsc1)Nn1cnnc1. The number of carbonyl (C=O) groups excluding carboxylic acids is 1. The van der Waals surface area contributed by atoms with Crippen molar-refractivity contribution in [1.82, 2.24) is 14.9 Å². The van der Waals surface area contributed by atoms with E-state index in [0.29, 0.717) is 0 Å². The van der Waals surface area contributed by atoms with Gasteiger partial charge in [0.05, 0.1) is 0 Å². The minimum absolute atomic E-state index is 0.221. The van der Waals surface area contributed by atoms with Crippen molar-refractivity contribution in [1.29, 1.82) is 0 Å². The Hall–Kier alpha value is -1.95. The van der Waals surface area contributed by atoms with E-state index in [0.717, 1.165) is 5.56 Å². The molecule has 0 atom stereocenters. The monoisotopic (exact) mass is 220 g/mol. The fraction of sp³-hybridized carbons (Fsp3) is 0. The molecule has 0 aromatic carbocycles. The first-order valence-corrected chi connectivity index (χ1v) is 5.15. The van der Waals surface area contributed by atoms with Crippen LogP contribution in [-0.2, 0) is 4.79 Å². The van der Waals surface area contributed by atoms with Gasteiger partial charge in [0.1, 0.15) is 12.7 Å². The average molecular weight is 220 g/mol. The van der Waals surface area contributed by atoms with Crippen molar-refractivity contribution in [2.24, 2.45) is 0 Å². The lowest BCUT2D eigenvalue weighted by molar-refractivity contribution is -0.112. The fourth-order valence-corrected chi connectivity index (χ4v) is 1.59. The van der Waals surface area contributed by atoms with Crippen LogP contribution in [-0.4, -0.2) is 20.8 Å². The van der Waals surface area contributed by atoms with Crippen molar-refractivity contribution in [3.8, 4) is 0 Å². The molecular formula is C9H8N4OS. The first-order valence-electron chi connectivity index (χ1n) is 4.20. The Morgan fingerprint density at radius 2 is 2.27 bits per heavy atom. The number of carbonyl (C=O) groups is 1. The van der Waals surface area contributed by atoms with E-state index in [1.807, 2.05) is 16.8 Å². The molecule has 0 aliphatic carbocycles. The molecule has 76 valence electrons. The molecule has 0 aliphatic rings. The molecule has 0 aliphatic heterocycles. The minimum atomic E-state index is -0.221. The molecule has 2 aromatic rings. The summed E-state index contributed by atoms with van der Waals surface area (Å²) in [6.07, 6.45) is 6.03. The Balaban J connectivity index is 1.93. The van der Waals surface area contributed by atoms with Gasteiger partial charge in [0.2, 0.25) is 0 Å². The second kappa shape index (κ2) is 4.52. The number of aromatic nitrogens is 3. The van der Waals surface area contributed by atoms with E-state index in [1.165, 1.54) is 23.4 Å². The Labute approximate surface area is 90.0 Å². The van der Waals surface area contributed by atoms with Gasteiger partial charge in [-0.3, -0.25) is 10.2 Å². The number of hydrogen-bond acceptors (Lipinski definition) is 4. The second-order valence-electron chi connectivity index (χ2n) is 2.74. The minimum Gasteiger partial charge on any atom is -0.268 e. The molecule has 2 aromatic heterocycles. The largest absolute Gasteiger partial charge is 0.268 e. The molecular weight excluding hydrogens is 212 g/mol. The summed E-state index contributed by atoms with van der Waals surface area (Å²) < 4.78 is 1.39. The van der Waals surface area contributed by atoms with Crippen LogP contribution in [0.15, 0.2) is 35.6 Å². The summed E-state index contributed by atoms with van der Waals surface area (Å²) in [7, 11) is 0. The Morgan fingerprint density at radius 1 is 1.47 bits per heavy atom. The van der Waals surface area contributed by atoms with Crippen molar-refractivity contribution in [2.75, 3.05) is 5.43 Å². The Morgan fingerprint density at radius 3 is 2.93 bits per heavy atom. The molecule has 2 heterocycles. The van der Waals surface area contributed by atoms with E-state index in [4.69, 9.17) is 0 Å². The number of nitrogens with one attached hydrogen (secondary N) is 1. The summed E-state index contributed by atoms with van der Waals surface area (Å²) in [5.74, 6) is -0.221. The van der Waals surface area contributed by atoms with Gasteiger partial charge in [-0.05, 0) is 28.5 Å². The molecule has 15 heavy (non-hydrogen) atoms. The van der Waals surface area contributed by atoms with Crippen molar-refractivity contribution < 1.29 is 4.79 Å². The number of nitrogens with zero attached hydrogens (tertiary/aromatic N) is 3. The highest BCUT2D eigenvalue weighted by Gasteiger charge is 1.95. The van der Waals surface area contributed by atoms with Crippen LogP contribution < -0.4 is 5.43 Å². The summed E-state index contributed by atoms with van der Waals surface area (Å²) in [4.78, 5) is 11.3. The van der Waals surface area contributed by atoms with Gasteiger partial charge in [0.25, 0.3) is 5.91 Å². The van der Waals surface area contributed by atoms with Crippen molar-refractivity contribution >= 4 is 23.3 Å². The lowest BCUT2D eigenvalue weighted by Crippen LogP contribution is -2.18. The summed E-state index contributed by atoms with van der Waals surface area (Å²) in [6.45, 7) is 0. The van der Waals surface area contributed by atoms with Gasteiger partial charge >= 0.3 is 0 Å². The van der Waals surface area contributed by atoms with Gasteiger partial charge in [-0.15, -0.1) is 10.2 Å². The lowest BCUT2D eigenvalue weighted by Gasteiger charge is -1.98. The maximum atomic E-state index is 11.3. The standard InChI is InChI=1S/C9H8N4OS/c14-9(12-13-6-10-11-7-13)2-1-8-3-4-15-5-8/h1-7H,(H,12,14)/b2-1+. The van der Waals surface area contributed by atoms with Crippen LogP contribution in [0.4, 0.5) is 0 Å². The van der Waals surface area contributed by atoms with Gasteiger partial charge in [-0.1, -0.05) is 0 Å². The molecule has 1 amide bonds. The summed E-state index contributed by atoms with van der Waals surface area (Å²) in [5, 5.41) is 11.0. The molecule has 0 bridgehead atoms. The summed E-state index contributed by atoms with van der Waals surface area (Å²) >= 11 is 1.59. The van der Waals surface area contributed by atoms with Crippen molar-refractivity contribution in [3.05, 3.63) is 41.1 Å². The lowest BCUT2D eigenvalue weighted by atomic mass is 10.3. The predicted octanol–water partition coefficient (Wildman–Crippen LogP) is 1.12. The van der Waals surface area contributed by atoms with E-state index in [2.05, 4.69) is 15.6 Å². The molecule has 0 unspecified atom stereocenters. The third-order valence-electron chi connectivity index (χ3n) is 1.63. The number of thiophene rings is 1. The first kappa shape index (κ1) is 9.60. The maximum absolute atomic E-state index is 11.3. The van der Waals surface area contributed by atoms with Crippen LogP contribution in [0.3, 0.4) is 0 Å². The third kappa shape index (κ3) is 2.75. The highest BCUT2D eigenvalue weighted by atomic mass is 32.1. The van der Waals surface area contributed by atoms with Crippen LogP contribution in [0.1, 0.15) is 5.56 Å². The zero-order chi connectivity index (χ0) is 10.5. The number of rotatable bonds is 3. The molecule has 1 N–H and O–H groups in total. The molecule has 0 fully saturated rings. The average Bonchev–Trinajstić information content (AvgIpc) is 2.86. The Kier molecular flexibility index (Phi) is 2.89. The van der Waals surface area contributed by atoms with E-state index < -0.39 is 0 Å². The van der Waals surface area contributed by atoms with Gasteiger partial charge in [0.15, 0.2) is 0 Å². The predicted molar refractivity (Wildman–Crippen MR) is 57.7 cm³/mol. The highest BCUT2D eigenvalue weighted by molar-refractivity contribution is 7.08. The topological polar surface area (TPSA) is 59.8 Å². The van der Waals surface area contributed by atoms with Crippen molar-refractivity contribution in [3.63, 3.8) is 0 Å². The van der Waals surface area contributed by atoms with Crippen LogP contribution in [0.2, 0.25) is 0 Å². The van der Waals surface area contributed by atoms with Gasteiger partial charge in [-0.25, -0.2) is 4.68 Å². The molecule has 6 heteroatoms. The number of amides is 1. The van der Waals surface area contributed by atoms with E-state index in [1.54, 1.807) is 17.4 Å². The zero-order valence-electron chi connectivity index (χ0n) is 7.70. The van der Waals surface area contributed by atoms with Crippen LogP contribution in [0.5, 0.6) is 0 Å². The van der Waals surface area contributed by atoms with Crippen LogP contribution >= 0.6 is 11.3 Å². The van der Waals surface area contributed by atoms with Gasteiger partial charge in [0, 0.05) is 6.08 Å². The van der Waals surface area contributed by atoms with Crippen molar-refractivity contribution in [2.45, 2.75) is 0 Å². The van der Waals surface area contributed by atoms with E-state index in [-0.39, 0.29) is 5.91 Å². The summed E-state index contributed by atoms with van der Waals surface area (Å²) in [6, 6.07) is 1.94. The van der Waals surface area contributed by atoms with E-state index >= 15 is 0 Å². The van der Waals surface area contributed by atoms with Crippen LogP contribution in [0.25, 0.3) is 6.08 Å². The first-order chi connectivity index (χ1) is 7.34. The molecule has 0 saturated carbocycles. The molecule has 5 nitrogen and oxygen atoms in total. The molecule has 0 radical (unpaired) electrons. The maximum Gasteiger partial charge on any atom is 0.262 e. The van der Waals surface area contributed by atoms with Gasteiger partial charge in [-0.2, -0.15) is 11.3 Å². The summed E-state index contributed by atoms with van der Waals surface area (Å²) in [5.41, 5.74) is 3.57. The molecule has 0 saturated heterocycles.